The van der Waals surface area contributed by atoms with E-state index in [0.29, 0.717) is 42.2 Å². The summed E-state index contributed by atoms with van der Waals surface area (Å²) >= 11 is 8.75. The van der Waals surface area contributed by atoms with Gasteiger partial charge in [0, 0.05) is 15.4 Å². The summed E-state index contributed by atoms with van der Waals surface area (Å²) in [5, 5.41) is 27.1. The number of amidine groups is 2. The van der Waals surface area contributed by atoms with Crippen molar-refractivity contribution in [3.05, 3.63) is 68.6 Å². The van der Waals surface area contributed by atoms with Gasteiger partial charge >= 0.3 is 0 Å². The number of aliphatic imine (C=N–C) groups is 2. The van der Waals surface area contributed by atoms with Crippen molar-refractivity contribution in [1.82, 2.24) is 0 Å². The Kier molecular flexibility index (Phi) is 13.4. The van der Waals surface area contributed by atoms with Crippen LogP contribution in [0.2, 0.25) is 0 Å². The summed E-state index contributed by atoms with van der Waals surface area (Å²) in [6.45, 7) is 0. The number of rotatable bonds is 10. The SMILES string of the molecule is N=C(CCCCC(=N)SC(N)=NC(O)Cc1cccc(Br)c1)SC(N)=NC(=O)Cc1cccc(Br)c1. The number of nitrogens with two attached hydrogens (primary N) is 2. The Morgan fingerprint density at radius 1 is 0.917 bits per heavy atom. The first-order valence-corrected chi connectivity index (χ1v) is 14.2. The summed E-state index contributed by atoms with van der Waals surface area (Å²) in [7, 11) is 0. The molecule has 12 heteroatoms. The molecule has 2 aromatic rings. The van der Waals surface area contributed by atoms with Gasteiger partial charge in [0.25, 0.3) is 5.91 Å². The van der Waals surface area contributed by atoms with E-state index in [9.17, 15) is 9.90 Å². The molecule has 0 aliphatic carbocycles. The molecule has 0 saturated heterocycles. The van der Waals surface area contributed by atoms with Crippen LogP contribution in [0.4, 0.5) is 0 Å². The lowest BCUT2D eigenvalue weighted by molar-refractivity contribution is -0.117. The van der Waals surface area contributed by atoms with Crippen molar-refractivity contribution < 1.29 is 9.90 Å². The molecule has 0 saturated carbocycles. The van der Waals surface area contributed by atoms with Crippen LogP contribution in [0.25, 0.3) is 0 Å². The Morgan fingerprint density at radius 3 is 2.03 bits per heavy atom. The lowest BCUT2D eigenvalue weighted by atomic mass is 10.1. The minimum atomic E-state index is -0.981. The maximum absolute atomic E-state index is 12.1. The number of aliphatic hydroxyl groups excluding tert-OH is 1. The molecule has 2 rings (SSSR count). The second-order valence-corrected chi connectivity index (χ2v) is 11.8. The van der Waals surface area contributed by atoms with Crippen LogP contribution in [0, 0.1) is 10.8 Å². The van der Waals surface area contributed by atoms with E-state index in [1.165, 1.54) is 0 Å². The second kappa shape index (κ2) is 16.0. The molecule has 0 spiro atoms. The summed E-state index contributed by atoms with van der Waals surface area (Å²) in [5.74, 6) is -0.364. The minimum Gasteiger partial charge on any atom is -0.378 e. The predicted octanol–water partition coefficient (Wildman–Crippen LogP) is 5.45. The molecule has 0 aromatic heterocycles. The highest BCUT2D eigenvalue weighted by Gasteiger charge is 2.09. The third-order valence-electron chi connectivity index (χ3n) is 4.58. The molecule has 1 atom stereocenters. The number of nitrogens with zero attached hydrogens (tertiary/aromatic N) is 2. The van der Waals surface area contributed by atoms with Crippen molar-refractivity contribution in [1.29, 1.82) is 10.8 Å². The van der Waals surface area contributed by atoms with Crippen LogP contribution >= 0.6 is 55.4 Å². The lowest BCUT2D eigenvalue weighted by Gasteiger charge is -2.09. The molecule has 0 fully saturated rings. The highest BCUT2D eigenvalue weighted by Crippen LogP contribution is 2.17. The van der Waals surface area contributed by atoms with Gasteiger partial charge in [-0.25, -0.2) is 4.99 Å². The molecule has 0 aliphatic heterocycles. The smallest absolute Gasteiger partial charge is 0.252 e. The van der Waals surface area contributed by atoms with Gasteiger partial charge in [0.2, 0.25) is 0 Å². The van der Waals surface area contributed by atoms with E-state index in [-0.39, 0.29) is 22.7 Å². The van der Waals surface area contributed by atoms with Gasteiger partial charge in [0.05, 0.1) is 16.5 Å². The van der Waals surface area contributed by atoms with Crippen molar-refractivity contribution in [3.8, 4) is 0 Å². The Balaban J connectivity index is 1.65. The zero-order valence-electron chi connectivity index (χ0n) is 19.4. The van der Waals surface area contributed by atoms with Crippen molar-refractivity contribution in [2.45, 2.75) is 44.8 Å². The summed E-state index contributed by atoms with van der Waals surface area (Å²) in [6, 6.07) is 15.0. The molecule has 0 heterocycles. The van der Waals surface area contributed by atoms with Crippen LogP contribution < -0.4 is 11.5 Å². The highest BCUT2D eigenvalue weighted by atomic mass is 79.9. The van der Waals surface area contributed by atoms with Gasteiger partial charge in [-0.1, -0.05) is 56.1 Å². The van der Waals surface area contributed by atoms with E-state index in [1.54, 1.807) is 0 Å². The quantitative estimate of drug-likeness (QED) is 0.130. The fraction of sp³-hybridized carbons (Fsp3) is 0.292. The molecular weight excluding hydrogens is 628 g/mol. The number of unbranched alkanes of at least 4 members (excludes halogenated alkanes) is 1. The third kappa shape index (κ3) is 12.8. The first-order chi connectivity index (χ1) is 17.1. The fourth-order valence-corrected chi connectivity index (χ4v) is 5.24. The van der Waals surface area contributed by atoms with Crippen LogP contribution in [0.15, 0.2) is 67.5 Å². The van der Waals surface area contributed by atoms with Gasteiger partial charge in [-0.05, 0) is 84.6 Å². The Morgan fingerprint density at radius 2 is 1.44 bits per heavy atom. The van der Waals surface area contributed by atoms with E-state index in [2.05, 4.69) is 41.8 Å². The number of nitrogens with one attached hydrogen (secondary N) is 2. The average Bonchev–Trinajstić information content (AvgIpc) is 2.76. The number of benzene rings is 2. The van der Waals surface area contributed by atoms with E-state index in [0.717, 1.165) is 43.6 Å². The molecule has 1 unspecified atom stereocenters. The first-order valence-electron chi connectivity index (χ1n) is 11.0. The van der Waals surface area contributed by atoms with Crippen LogP contribution in [-0.4, -0.2) is 37.7 Å². The van der Waals surface area contributed by atoms with Gasteiger partial charge in [0.1, 0.15) is 0 Å². The van der Waals surface area contributed by atoms with E-state index >= 15 is 0 Å². The standard InChI is InChI=1S/C24H28Br2N6O2S2/c25-17-7-3-5-15(11-17)13-21(33)31-23(29)35-19(27)9-1-2-10-20(28)36-24(30)32-22(34)14-16-6-4-8-18(26)12-16/h3-8,11-12,21,27-28,33H,1-2,9-10,13-14H2,(H2,29,31)(H2,30,32,34). The van der Waals surface area contributed by atoms with Crippen LogP contribution in [-0.2, 0) is 17.6 Å². The number of aliphatic hydroxyl groups is 1. The number of amides is 1. The predicted molar refractivity (Wildman–Crippen MR) is 159 cm³/mol. The average molecular weight is 656 g/mol. The van der Waals surface area contributed by atoms with Crippen LogP contribution in [0.3, 0.4) is 0 Å². The number of carbonyl (C=O) groups excluding carboxylic acids is 1. The van der Waals surface area contributed by atoms with Gasteiger partial charge in [-0.3, -0.25) is 15.6 Å². The molecule has 8 nitrogen and oxygen atoms in total. The lowest BCUT2D eigenvalue weighted by Crippen LogP contribution is -2.17. The fourth-order valence-electron chi connectivity index (χ4n) is 3.03. The Bertz CT molecular complexity index is 1140. The van der Waals surface area contributed by atoms with Crippen LogP contribution in [0.5, 0.6) is 0 Å². The molecule has 1 amide bonds. The normalized spacial score (nSPS) is 12.9. The third-order valence-corrected chi connectivity index (χ3v) is 7.08. The zero-order chi connectivity index (χ0) is 26.5. The number of carbonyl (C=O) groups is 1. The van der Waals surface area contributed by atoms with Crippen molar-refractivity contribution in [2.24, 2.45) is 21.5 Å². The summed E-state index contributed by atoms with van der Waals surface area (Å²) in [4.78, 5) is 20.0. The Labute approximate surface area is 236 Å². The Hall–Kier alpha value is -1.99. The van der Waals surface area contributed by atoms with Crippen molar-refractivity contribution in [3.63, 3.8) is 0 Å². The molecule has 7 N–H and O–H groups in total. The maximum atomic E-state index is 12.1. The van der Waals surface area contributed by atoms with Gasteiger partial charge in [0.15, 0.2) is 16.6 Å². The van der Waals surface area contributed by atoms with Gasteiger partial charge in [-0.15, -0.1) is 0 Å². The molecule has 36 heavy (non-hydrogen) atoms. The van der Waals surface area contributed by atoms with Crippen molar-refractivity contribution >= 4 is 81.7 Å². The monoisotopic (exact) mass is 654 g/mol. The van der Waals surface area contributed by atoms with E-state index in [4.69, 9.17) is 22.3 Å². The van der Waals surface area contributed by atoms with Gasteiger partial charge in [-0.2, -0.15) is 4.99 Å². The summed E-state index contributed by atoms with van der Waals surface area (Å²) < 4.78 is 1.81. The molecule has 192 valence electrons. The van der Waals surface area contributed by atoms with E-state index in [1.807, 2.05) is 48.5 Å². The summed E-state index contributed by atoms with van der Waals surface area (Å²) in [5.41, 5.74) is 13.4. The maximum Gasteiger partial charge on any atom is 0.252 e. The molecule has 0 aliphatic rings. The number of halogens is 2. The largest absolute Gasteiger partial charge is 0.378 e. The highest BCUT2D eigenvalue weighted by molar-refractivity contribution is 9.10. The second-order valence-electron chi connectivity index (χ2n) is 7.69. The molecule has 0 bridgehead atoms. The molecule has 0 radical (unpaired) electrons. The number of hydrogen-bond donors (Lipinski definition) is 5. The number of hydrogen-bond acceptors (Lipinski definition) is 7. The van der Waals surface area contributed by atoms with E-state index < -0.39 is 6.23 Å². The topological polar surface area (TPSA) is 162 Å². The molecular formula is C24H28Br2N6O2S2. The van der Waals surface area contributed by atoms with Crippen LogP contribution in [0.1, 0.15) is 36.8 Å². The molecule has 2 aromatic carbocycles. The number of thioether (sulfide) groups is 2. The van der Waals surface area contributed by atoms with Gasteiger partial charge < -0.3 is 16.6 Å². The summed E-state index contributed by atoms with van der Waals surface area (Å²) in [6.07, 6.45) is 1.80. The zero-order valence-corrected chi connectivity index (χ0v) is 24.2. The minimum absolute atomic E-state index is 0.0497. The van der Waals surface area contributed by atoms with Crippen molar-refractivity contribution in [2.75, 3.05) is 0 Å². The first kappa shape index (κ1) is 30.2.